The molecule has 0 aliphatic carbocycles. The Kier molecular flexibility index (Phi) is 2.30. The van der Waals surface area contributed by atoms with Crippen molar-refractivity contribution in [2.45, 2.75) is 19.3 Å². The van der Waals surface area contributed by atoms with Crippen molar-refractivity contribution in [3.63, 3.8) is 0 Å². The molecule has 14 heavy (non-hydrogen) atoms. The predicted molar refractivity (Wildman–Crippen MR) is 47.0 cm³/mol. The van der Waals surface area contributed by atoms with Crippen LogP contribution in [0.2, 0.25) is 0 Å². The van der Waals surface area contributed by atoms with Crippen molar-refractivity contribution in [2.24, 2.45) is 0 Å². The van der Waals surface area contributed by atoms with E-state index in [1.165, 1.54) is 4.90 Å². The first kappa shape index (κ1) is 8.93. The van der Waals surface area contributed by atoms with Gasteiger partial charge in [-0.25, -0.2) is 4.98 Å². The van der Waals surface area contributed by atoms with E-state index >= 15 is 0 Å². The highest BCUT2D eigenvalue weighted by molar-refractivity contribution is 6.01. The first-order valence-corrected chi connectivity index (χ1v) is 4.64. The van der Waals surface area contributed by atoms with Crippen LogP contribution in [0.15, 0.2) is 12.5 Å². The van der Waals surface area contributed by atoms with Gasteiger partial charge in [-0.05, 0) is 0 Å². The molecular weight excluding hydrogens is 182 g/mol. The van der Waals surface area contributed by atoms with Crippen LogP contribution in [0.3, 0.4) is 0 Å². The molecule has 1 aromatic heterocycles. The molecule has 0 atom stereocenters. The van der Waals surface area contributed by atoms with Crippen LogP contribution in [-0.4, -0.2) is 28.2 Å². The van der Waals surface area contributed by atoms with Gasteiger partial charge in [-0.2, -0.15) is 0 Å². The Hall–Kier alpha value is -1.65. The number of hydrogen-bond acceptors (Lipinski definition) is 2. The molecule has 0 saturated carbocycles. The molecule has 5 heteroatoms. The monoisotopic (exact) mass is 194 g/mol. The van der Waals surface area contributed by atoms with E-state index < -0.39 is 0 Å². The van der Waals surface area contributed by atoms with E-state index in [1.54, 1.807) is 6.33 Å². The molecule has 2 amide bonds. The van der Waals surface area contributed by atoms with Crippen molar-refractivity contribution < 1.29 is 14.6 Å². The van der Waals surface area contributed by atoms with Crippen molar-refractivity contribution in [2.75, 3.05) is 6.54 Å². The summed E-state index contributed by atoms with van der Waals surface area (Å²) in [5, 5.41) is 0. The second kappa shape index (κ2) is 3.61. The van der Waals surface area contributed by atoms with Crippen LogP contribution in [0, 0.1) is 0 Å². The molecule has 5 nitrogen and oxygen atoms in total. The van der Waals surface area contributed by atoms with E-state index in [0.29, 0.717) is 25.8 Å². The number of rotatable bonds is 3. The summed E-state index contributed by atoms with van der Waals surface area (Å²) in [5.74, 6) is -0.101. The van der Waals surface area contributed by atoms with Crippen LogP contribution < -0.4 is 4.98 Å². The summed E-state index contributed by atoms with van der Waals surface area (Å²) >= 11 is 0. The summed E-state index contributed by atoms with van der Waals surface area (Å²) in [6.07, 6.45) is 4.96. The topological polar surface area (TPSA) is 67.3 Å². The van der Waals surface area contributed by atoms with E-state index in [1.807, 2.05) is 6.20 Å². The van der Waals surface area contributed by atoms with Crippen LogP contribution in [-0.2, 0) is 16.0 Å². The molecule has 0 unspecified atom stereocenters. The third-order valence-corrected chi connectivity index (χ3v) is 2.36. The van der Waals surface area contributed by atoms with Crippen LogP contribution in [0.4, 0.5) is 0 Å². The van der Waals surface area contributed by atoms with Gasteiger partial charge in [0.2, 0.25) is 18.1 Å². The average molecular weight is 194 g/mol. The molecule has 1 aromatic rings. The third kappa shape index (κ3) is 1.66. The number of likely N-dealkylation sites (tertiary alicyclic amines) is 1. The third-order valence-electron chi connectivity index (χ3n) is 2.36. The Balaban J connectivity index is 1.92. The van der Waals surface area contributed by atoms with Crippen LogP contribution in [0.1, 0.15) is 18.5 Å². The van der Waals surface area contributed by atoms with Crippen molar-refractivity contribution in [3.8, 4) is 0 Å². The van der Waals surface area contributed by atoms with Gasteiger partial charge in [0.15, 0.2) is 0 Å². The molecule has 2 heterocycles. The zero-order chi connectivity index (χ0) is 9.97. The Labute approximate surface area is 81.1 Å². The number of amides is 2. The fourth-order valence-corrected chi connectivity index (χ4v) is 1.57. The molecule has 0 aromatic carbocycles. The molecular formula is C9H12N3O2+. The van der Waals surface area contributed by atoms with Crippen LogP contribution >= 0.6 is 0 Å². The van der Waals surface area contributed by atoms with Gasteiger partial charge in [-0.15, -0.1) is 0 Å². The molecule has 1 saturated heterocycles. The maximum absolute atomic E-state index is 11.2. The number of imidazole rings is 1. The van der Waals surface area contributed by atoms with Gasteiger partial charge >= 0.3 is 0 Å². The minimum atomic E-state index is -0.0504. The zero-order valence-electron chi connectivity index (χ0n) is 7.75. The molecule has 2 rings (SSSR count). The molecule has 0 bridgehead atoms. The maximum atomic E-state index is 11.2. The minimum absolute atomic E-state index is 0.0504. The molecule has 1 fully saturated rings. The highest BCUT2D eigenvalue weighted by Gasteiger charge is 2.28. The highest BCUT2D eigenvalue weighted by atomic mass is 16.2. The first-order chi connectivity index (χ1) is 6.77. The number of aromatic nitrogens is 2. The molecule has 0 radical (unpaired) electrons. The number of H-pyrrole nitrogens is 2. The normalized spacial score (nSPS) is 16.7. The number of aromatic amines is 2. The highest BCUT2D eigenvalue weighted by Crippen LogP contribution is 2.11. The summed E-state index contributed by atoms with van der Waals surface area (Å²) in [4.78, 5) is 29.7. The number of carbonyl (C=O) groups is 2. The predicted octanol–water partition coefficient (Wildman–Crippen LogP) is -0.480. The fraction of sp³-hybridized carbons (Fsp3) is 0.444. The van der Waals surface area contributed by atoms with Gasteiger partial charge in [-0.1, -0.05) is 0 Å². The first-order valence-electron chi connectivity index (χ1n) is 4.64. The number of hydrogen-bond donors (Lipinski definition) is 1. The number of nitrogens with one attached hydrogen (secondary N) is 2. The Bertz CT molecular complexity index is 329. The van der Waals surface area contributed by atoms with E-state index in [0.717, 1.165) is 5.69 Å². The fourth-order valence-electron chi connectivity index (χ4n) is 1.57. The Morgan fingerprint density at radius 3 is 2.64 bits per heavy atom. The number of nitrogens with zero attached hydrogens (tertiary/aromatic N) is 1. The smallest absolute Gasteiger partial charge is 0.239 e. The summed E-state index contributed by atoms with van der Waals surface area (Å²) < 4.78 is 0. The lowest BCUT2D eigenvalue weighted by Crippen LogP contribution is -2.31. The van der Waals surface area contributed by atoms with E-state index in [-0.39, 0.29) is 11.8 Å². The standard InChI is InChI=1S/C9H11N3O2/c13-8-1-2-9(14)12(8)4-3-7-5-10-6-11-7/h5-6H,1-4H2,(H,10,11)/p+1. The van der Waals surface area contributed by atoms with E-state index in [2.05, 4.69) is 9.97 Å². The largest absolute Gasteiger partial charge is 0.282 e. The Morgan fingerprint density at radius 1 is 1.36 bits per heavy atom. The van der Waals surface area contributed by atoms with Crippen molar-refractivity contribution in [1.29, 1.82) is 0 Å². The summed E-state index contributed by atoms with van der Waals surface area (Å²) in [5.41, 5.74) is 0.998. The van der Waals surface area contributed by atoms with Crippen molar-refractivity contribution in [3.05, 3.63) is 18.2 Å². The second-order valence-electron chi connectivity index (χ2n) is 3.31. The summed E-state index contributed by atoms with van der Waals surface area (Å²) in [7, 11) is 0. The molecule has 1 aliphatic heterocycles. The second-order valence-corrected chi connectivity index (χ2v) is 3.31. The zero-order valence-corrected chi connectivity index (χ0v) is 7.75. The van der Waals surface area contributed by atoms with Gasteiger partial charge < -0.3 is 0 Å². The molecule has 0 spiro atoms. The van der Waals surface area contributed by atoms with E-state index in [9.17, 15) is 9.59 Å². The summed E-state index contributed by atoms with van der Waals surface area (Å²) in [6, 6.07) is 0. The number of carbonyl (C=O) groups excluding carboxylic acids is 2. The van der Waals surface area contributed by atoms with Crippen LogP contribution in [0.25, 0.3) is 0 Å². The minimum Gasteiger partial charge on any atom is -0.282 e. The maximum Gasteiger partial charge on any atom is 0.239 e. The lowest BCUT2D eigenvalue weighted by Gasteiger charge is -2.11. The Morgan fingerprint density at radius 2 is 2.07 bits per heavy atom. The van der Waals surface area contributed by atoms with Gasteiger partial charge in [-0.3, -0.25) is 19.5 Å². The lowest BCUT2D eigenvalue weighted by molar-refractivity contribution is -0.376. The average Bonchev–Trinajstić information content (AvgIpc) is 2.76. The summed E-state index contributed by atoms with van der Waals surface area (Å²) in [6.45, 7) is 0.478. The van der Waals surface area contributed by atoms with Gasteiger partial charge in [0.05, 0.1) is 0 Å². The van der Waals surface area contributed by atoms with Gasteiger partial charge in [0.1, 0.15) is 11.9 Å². The lowest BCUT2D eigenvalue weighted by atomic mass is 10.3. The van der Waals surface area contributed by atoms with Crippen LogP contribution in [0.5, 0.6) is 0 Å². The van der Waals surface area contributed by atoms with E-state index in [4.69, 9.17) is 0 Å². The van der Waals surface area contributed by atoms with Crippen molar-refractivity contribution >= 4 is 11.8 Å². The molecule has 74 valence electrons. The van der Waals surface area contributed by atoms with Gasteiger partial charge in [0.25, 0.3) is 0 Å². The quantitative estimate of drug-likeness (QED) is 0.660. The van der Waals surface area contributed by atoms with Gasteiger partial charge in [0, 0.05) is 25.8 Å². The SMILES string of the molecule is O=C1CCC(=O)N1CCc1c[nH+]c[nH]1. The molecule has 2 N–H and O–H groups in total. The molecule has 1 aliphatic rings. The van der Waals surface area contributed by atoms with Crippen molar-refractivity contribution in [1.82, 2.24) is 9.88 Å². The number of imide groups is 1.